The zero-order valence-electron chi connectivity index (χ0n) is 17.8. The molecule has 0 unspecified atom stereocenters. The van der Waals surface area contributed by atoms with Crippen LogP contribution in [0.15, 0.2) is 53.1 Å². The second-order valence-corrected chi connectivity index (χ2v) is 6.91. The highest BCUT2D eigenvalue weighted by Gasteiger charge is 2.12. The van der Waals surface area contributed by atoms with Gasteiger partial charge in [0, 0.05) is 23.5 Å². The summed E-state index contributed by atoms with van der Waals surface area (Å²) >= 11 is 0. The molecule has 1 N–H and O–H groups in total. The first-order valence-electron chi connectivity index (χ1n) is 9.86. The van der Waals surface area contributed by atoms with Gasteiger partial charge in [-0.2, -0.15) is 0 Å². The molecule has 0 aliphatic heterocycles. The van der Waals surface area contributed by atoms with E-state index in [0.717, 1.165) is 22.7 Å². The fraction of sp³-hybridized carbons (Fsp3) is 0.261. The number of aryl methyl sites for hydroxylation is 2. The smallest absolute Gasteiger partial charge is 0.331 e. The summed E-state index contributed by atoms with van der Waals surface area (Å²) in [6, 6.07) is 13.1. The minimum atomic E-state index is -0.599. The molecule has 31 heavy (non-hydrogen) atoms. The lowest BCUT2D eigenvalue weighted by Crippen LogP contribution is -2.31. The van der Waals surface area contributed by atoms with Gasteiger partial charge in [-0.1, -0.05) is 23.4 Å². The summed E-state index contributed by atoms with van der Waals surface area (Å²) in [7, 11) is 0. The van der Waals surface area contributed by atoms with Gasteiger partial charge in [0.1, 0.15) is 18.1 Å². The van der Waals surface area contributed by atoms with E-state index in [9.17, 15) is 9.59 Å². The Morgan fingerprint density at radius 3 is 2.65 bits per heavy atom. The minimum Gasteiger partial charge on any atom is -0.492 e. The minimum absolute atomic E-state index is 0.314. The van der Waals surface area contributed by atoms with Crippen molar-refractivity contribution in [3.63, 3.8) is 0 Å². The molecule has 0 spiro atoms. The van der Waals surface area contributed by atoms with Crippen molar-refractivity contribution in [3.8, 4) is 11.6 Å². The number of aromatic nitrogens is 2. The predicted molar refractivity (Wildman–Crippen MR) is 115 cm³/mol. The van der Waals surface area contributed by atoms with E-state index < -0.39 is 11.9 Å². The SMILES string of the molecule is Cc1cc(-n2c(C)cc(/C=C/C(=O)OCC(=O)NCCOc3ccccc3)c2C)no1. The number of nitrogens with zero attached hydrogens (tertiary/aromatic N) is 2. The Hall–Kier alpha value is -3.81. The van der Waals surface area contributed by atoms with Gasteiger partial charge >= 0.3 is 5.97 Å². The van der Waals surface area contributed by atoms with Gasteiger partial charge in [0.2, 0.25) is 0 Å². The molecule has 2 aromatic heterocycles. The molecule has 162 valence electrons. The summed E-state index contributed by atoms with van der Waals surface area (Å²) in [4.78, 5) is 23.8. The van der Waals surface area contributed by atoms with Crippen LogP contribution in [0.1, 0.15) is 22.7 Å². The maximum absolute atomic E-state index is 12.0. The van der Waals surface area contributed by atoms with Gasteiger partial charge in [-0.25, -0.2) is 4.79 Å². The van der Waals surface area contributed by atoms with Crippen molar-refractivity contribution in [1.82, 2.24) is 15.0 Å². The van der Waals surface area contributed by atoms with Crippen molar-refractivity contribution in [2.45, 2.75) is 20.8 Å². The Balaban J connectivity index is 1.43. The van der Waals surface area contributed by atoms with Gasteiger partial charge in [-0.05, 0) is 50.6 Å². The molecule has 3 aromatic rings. The van der Waals surface area contributed by atoms with Gasteiger partial charge in [0.15, 0.2) is 12.4 Å². The van der Waals surface area contributed by atoms with Crippen molar-refractivity contribution in [2.75, 3.05) is 19.8 Å². The van der Waals surface area contributed by atoms with E-state index in [2.05, 4.69) is 10.5 Å². The average Bonchev–Trinajstić information content (AvgIpc) is 3.30. The molecule has 0 fully saturated rings. The van der Waals surface area contributed by atoms with E-state index in [1.165, 1.54) is 6.08 Å². The molecule has 0 saturated carbocycles. The van der Waals surface area contributed by atoms with Crippen LogP contribution in [0.5, 0.6) is 5.75 Å². The van der Waals surface area contributed by atoms with Crippen LogP contribution in [0.4, 0.5) is 0 Å². The number of nitrogens with one attached hydrogen (secondary N) is 1. The Labute approximate surface area is 180 Å². The second-order valence-electron chi connectivity index (χ2n) is 6.91. The first-order valence-corrected chi connectivity index (χ1v) is 9.86. The zero-order chi connectivity index (χ0) is 22.2. The third-order valence-electron chi connectivity index (χ3n) is 4.50. The van der Waals surface area contributed by atoms with Crippen molar-refractivity contribution < 1.29 is 23.6 Å². The molecule has 0 radical (unpaired) electrons. The summed E-state index contributed by atoms with van der Waals surface area (Å²) in [6.45, 7) is 5.98. The molecule has 0 atom stereocenters. The number of hydrogen-bond donors (Lipinski definition) is 1. The van der Waals surface area contributed by atoms with Crippen LogP contribution in [-0.4, -0.2) is 41.4 Å². The topological polar surface area (TPSA) is 95.6 Å². The number of ether oxygens (including phenoxy) is 2. The Morgan fingerprint density at radius 2 is 1.94 bits per heavy atom. The Kier molecular flexibility index (Phi) is 7.26. The largest absolute Gasteiger partial charge is 0.492 e. The van der Waals surface area contributed by atoms with Crippen molar-refractivity contribution in [3.05, 3.63) is 71.3 Å². The van der Waals surface area contributed by atoms with E-state index in [0.29, 0.717) is 24.7 Å². The van der Waals surface area contributed by atoms with Gasteiger partial charge < -0.3 is 19.3 Å². The summed E-state index contributed by atoms with van der Waals surface area (Å²) < 4.78 is 17.5. The highest BCUT2D eigenvalue weighted by Crippen LogP contribution is 2.21. The lowest BCUT2D eigenvalue weighted by atomic mass is 10.2. The molecule has 2 heterocycles. The van der Waals surface area contributed by atoms with Crippen molar-refractivity contribution >= 4 is 18.0 Å². The molecular weight excluding hydrogens is 398 g/mol. The van der Waals surface area contributed by atoms with Crippen LogP contribution in [0.25, 0.3) is 11.9 Å². The molecule has 0 bridgehead atoms. The molecule has 3 rings (SSSR count). The Bertz CT molecular complexity index is 1070. The highest BCUT2D eigenvalue weighted by molar-refractivity contribution is 5.89. The Morgan fingerprint density at radius 1 is 1.16 bits per heavy atom. The molecule has 0 aliphatic rings. The van der Waals surface area contributed by atoms with Gasteiger partial charge in [0.05, 0.1) is 6.54 Å². The normalized spacial score (nSPS) is 10.9. The third-order valence-corrected chi connectivity index (χ3v) is 4.50. The lowest BCUT2D eigenvalue weighted by Gasteiger charge is -2.07. The van der Waals surface area contributed by atoms with E-state index in [1.54, 1.807) is 6.08 Å². The maximum atomic E-state index is 12.0. The fourth-order valence-electron chi connectivity index (χ4n) is 3.04. The number of hydrogen-bond acceptors (Lipinski definition) is 6. The van der Waals surface area contributed by atoms with Crippen molar-refractivity contribution in [2.24, 2.45) is 0 Å². The molecular formula is C23H25N3O5. The van der Waals surface area contributed by atoms with E-state index in [-0.39, 0.29) is 6.61 Å². The molecule has 8 nitrogen and oxygen atoms in total. The average molecular weight is 423 g/mol. The van der Waals surface area contributed by atoms with E-state index in [1.807, 2.05) is 67.8 Å². The highest BCUT2D eigenvalue weighted by atomic mass is 16.5. The van der Waals surface area contributed by atoms with Crippen LogP contribution in [0, 0.1) is 20.8 Å². The summed E-state index contributed by atoms with van der Waals surface area (Å²) in [6.07, 6.45) is 2.95. The molecule has 8 heteroatoms. The fourth-order valence-corrected chi connectivity index (χ4v) is 3.04. The van der Waals surface area contributed by atoms with Gasteiger partial charge in [0.25, 0.3) is 5.91 Å². The number of para-hydroxylation sites is 1. The lowest BCUT2D eigenvalue weighted by molar-refractivity contribution is -0.143. The first kappa shape index (κ1) is 21.9. The van der Waals surface area contributed by atoms with Crippen LogP contribution >= 0.6 is 0 Å². The summed E-state index contributed by atoms with van der Waals surface area (Å²) in [5.41, 5.74) is 2.71. The van der Waals surface area contributed by atoms with E-state index in [4.69, 9.17) is 14.0 Å². The number of amides is 1. The maximum Gasteiger partial charge on any atom is 0.331 e. The van der Waals surface area contributed by atoms with Crippen LogP contribution < -0.4 is 10.1 Å². The first-order chi connectivity index (χ1) is 14.9. The molecule has 0 saturated heterocycles. The van der Waals surface area contributed by atoms with Crippen LogP contribution in [0.3, 0.4) is 0 Å². The number of carbonyl (C=O) groups excluding carboxylic acids is 2. The number of carbonyl (C=O) groups is 2. The number of esters is 1. The summed E-state index contributed by atoms with van der Waals surface area (Å²) in [5.74, 6) is 1.14. The van der Waals surface area contributed by atoms with Gasteiger partial charge in [-0.15, -0.1) is 0 Å². The van der Waals surface area contributed by atoms with Crippen LogP contribution in [-0.2, 0) is 14.3 Å². The monoisotopic (exact) mass is 423 g/mol. The molecule has 1 amide bonds. The molecule has 0 aliphatic carbocycles. The van der Waals surface area contributed by atoms with Crippen LogP contribution in [0.2, 0.25) is 0 Å². The number of benzene rings is 1. The third kappa shape index (κ3) is 6.08. The summed E-state index contributed by atoms with van der Waals surface area (Å²) in [5, 5.41) is 6.67. The quantitative estimate of drug-likeness (QED) is 0.323. The second kappa shape index (κ2) is 10.3. The van der Waals surface area contributed by atoms with E-state index >= 15 is 0 Å². The standard InChI is InChI=1S/C23H25N3O5/c1-16-13-19(18(3)26(16)21-14-17(2)31-25-21)9-10-23(28)30-15-22(27)24-11-12-29-20-7-5-4-6-8-20/h4-10,13-14H,11-12,15H2,1-3H3,(H,24,27)/b10-9+. The predicted octanol–water partition coefficient (Wildman–Crippen LogP) is 3.14. The number of rotatable bonds is 9. The zero-order valence-corrected chi connectivity index (χ0v) is 17.8. The van der Waals surface area contributed by atoms with Gasteiger partial charge in [-0.3, -0.25) is 9.36 Å². The molecule has 1 aromatic carbocycles. The van der Waals surface area contributed by atoms with Crippen molar-refractivity contribution in [1.29, 1.82) is 0 Å².